The summed E-state index contributed by atoms with van der Waals surface area (Å²) in [5.41, 5.74) is 0.199. The number of aliphatic imine (C=N–C) groups is 1. The van der Waals surface area contributed by atoms with E-state index in [1.54, 1.807) is 18.2 Å². The predicted octanol–water partition coefficient (Wildman–Crippen LogP) is 2.49. The van der Waals surface area contributed by atoms with Crippen molar-refractivity contribution >= 4 is 22.0 Å². The van der Waals surface area contributed by atoms with Crippen LogP contribution >= 0.6 is 15.9 Å². The lowest BCUT2D eigenvalue weighted by Gasteiger charge is -2.15. The van der Waals surface area contributed by atoms with Crippen LogP contribution in [0.2, 0.25) is 0 Å². The normalized spacial score (nSPS) is 16.4. The Morgan fingerprint density at radius 1 is 1.56 bits per heavy atom. The summed E-state index contributed by atoms with van der Waals surface area (Å²) in [5.74, 6) is 0.401. The van der Waals surface area contributed by atoms with Crippen LogP contribution < -0.4 is 4.74 Å². The lowest BCUT2D eigenvalue weighted by molar-refractivity contribution is 0.363. The Morgan fingerprint density at radius 2 is 2.25 bits per heavy atom. The number of hydrogen-bond acceptors (Lipinski definition) is 4. The third-order valence-electron chi connectivity index (χ3n) is 2.77. The van der Waals surface area contributed by atoms with Crippen molar-refractivity contribution in [2.45, 2.75) is 18.4 Å². The standard InChI is InChI=1S/C11H10BrNO3/c1-16-10-7(2-3-8(12)9(10)15)11(4-5-11)13-6-14/h2-3,15H,4-5H2,1H3. The van der Waals surface area contributed by atoms with E-state index in [2.05, 4.69) is 20.9 Å². The number of hydrogen-bond donors (Lipinski definition) is 1. The minimum Gasteiger partial charge on any atom is -0.503 e. The van der Waals surface area contributed by atoms with Crippen molar-refractivity contribution in [3.8, 4) is 11.5 Å². The number of phenolic OH excluding ortho intramolecular Hbond substituents is 1. The van der Waals surface area contributed by atoms with E-state index in [9.17, 15) is 9.90 Å². The summed E-state index contributed by atoms with van der Waals surface area (Å²) in [5, 5.41) is 9.83. The molecule has 4 nitrogen and oxygen atoms in total. The second-order valence-electron chi connectivity index (χ2n) is 3.71. The van der Waals surface area contributed by atoms with Crippen LogP contribution in [0.25, 0.3) is 0 Å². The molecule has 0 amide bonds. The molecule has 5 heteroatoms. The van der Waals surface area contributed by atoms with Crippen LogP contribution in [0, 0.1) is 0 Å². The summed E-state index contributed by atoms with van der Waals surface area (Å²) < 4.78 is 5.71. The van der Waals surface area contributed by atoms with Gasteiger partial charge in [0.15, 0.2) is 11.5 Å². The fourth-order valence-electron chi connectivity index (χ4n) is 1.77. The third kappa shape index (κ3) is 1.62. The van der Waals surface area contributed by atoms with Gasteiger partial charge in [0.2, 0.25) is 6.08 Å². The molecule has 0 spiro atoms. The molecule has 16 heavy (non-hydrogen) atoms. The second-order valence-corrected chi connectivity index (χ2v) is 4.57. The molecular weight excluding hydrogens is 274 g/mol. The molecule has 1 fully saturated rings. The molecule has 1 N–H and O–H groups in total. The number of rotatable bonds is 3. The maximum Gasteiger partial charge on any atom is 0.235 e. The first-order valence-corrected chi connectivity index (χ1v) is 5.59. The number of aromatic hydroxyl groups is 1. The zero-order valence-electron chi connectivity index (χ0n) is 8.66. The highest BCUT2D eigenvalue weighted by Crippen LogP contribution is 2.54. The Labute approximate surface area is 101 Å². The molecule has 1 saturated carbocycles. The molecule has 0 aromatic heterocycles. The first-order chi connectivity index (χ1) is 7.64. The Bertz CT molecular complexity index is 476. The first-order valence-electron chi connectivity index (χ1n) is 4.79. The summed E-state index contributed by atoms with van der Waals surface area (Å²) in [6.45, 7) is 0. The van der Waals surface area contributed by atoms with Crippen molar-refractivity contribution in [2.24, 2.45) is 4.99 Å². The van der Waals surface area contributed by atoms with Crippen LogP contribution in [-0.2, 0) is 10.3 Å². The lowest BCUT2D eigenvalue weighted by Crippen LogP contribution is -2.05. The maximum atomic E-state index is 10.4. The third-order valence-corrected chi connectivity index (χ3v) is 3.41. The molecule has 2 rings (SSSR count). The minimum atomic E-state index is -0.536. The summed E-state index contributed by atoms with van der Waals surface area (Å²) in [6, 6.07) is 3.52. The van der Waals surface area contributed by atoms with Crippen LogP contribution in [0.15, 0.2) is 21.6 Å². The van der Waals surface area contributed by atoms with Crippen molar-refractivity contribution in [1.82, 2.24) is 0 Å². The van der Waals surface area contributed by atoms with Gasteiger partial charge in [-0.15, -0.1) is 0 Å². The van der Waals surface area contributed by atoms with Crippen LogP contribution in [0.3, 0.4) is 0 Å². The van der Waals surface area contributed by atoms with Crippen molar-refractivity contribution in [1.29, 1.82) is 0 Å². The van der Waals surface area contributed by atoms with Gasteiger partial charge in [-0.25, -0.2) is 4.79 Å². The SMILES string of the molecule is COc1c(C2(N=C=O)CC2)ccc(Br)c1O. The Kier molecular flexibility index (Phi) is 2.74. The molecule has 0 radical (unpaired) electrons. The molecule has 1 aromatic rings. The number of halogens is 1. The van der Waals surface area contributed by atoms with E-state index >= 15 is 0 Å². The number of nitrogens with zero attached hydrogens (tertiary/aromatic N) is 1. The summed E-state index contributed by atoms with van der Waals surface area (Å²) >= 11 is 3.21. The van der Waals surface area contributed by atoms with Gasteiger partial charge in [-0.2, -0.15) is 4.99 Å². The summed E-state index contributed by atoms with van der Waals surface area (Å²) in [6.07, 6.45) is 3.14. The Hall–Kier alpha value is -1.32. The molecule has 1 aliphatic rings. The zero-order valence-corrected chi connectivity index (χ0v) is 10.2. The van der Waals surface area contributed by atoms with Gasteiger partial charge in [-0.3, -0.25) is 0 Å². The van der Waals surface area contributed by atoms with Crippen molar-refractivity contribution in [3.63, 3.8) is 0 Å². The number of ether oxygens (including phenoxy) is 1. The largest absolute Gasteiger partial charge is 0.503 e. The van der Waals surface area contributed by atoms with Gasteiger partial charge in [-0.05, 0) is 34.8 Å². The molecule has 0 aliphatic heterocycles. The van der Waals surface area contributed by atoms with E-state index in [1.807, 2.05) is 0 Å². The lowest BCUT2D eigenvalue weighted by atomic mass is 10.0. The highest BCUT2D eigenvalue weighted by molar-refractivity contribution is 9.10. The molecule has 0 bridgehead atoms. The zero-order chi connectivity index (χ0) is 11.8. The highest BCUT2D eigenvalue weighted by atomic mass is 79.9. The van der Waals surface area contributed by atoms with Crippen LogP contribution in [0.4, 0.5) is 0 Å². The molecule has 0 heterocycles. The molecular formula is C11H10BrNO3. The van der Waals surface area contributed by atoms with Crippen LogP contribution in [0.5, 0.6) is 11.5 Å². The van der Waals surface area contributed by atoms with E-state index < -0.39 is 5.54 Å². The smallest absolute Gasteiger partial charge is 0.235 e. The molecule has 0 atom stereocenters. The number of carbonyl (C=O) groups excluding carboxylic acids is 1. The number of benzene rings is 1. The fraction of sp³-hybridized carbons (Fsp3) is 0.364. The molecule has 0 saturated heterocycles. The van der Waals surface area contributed by atoms with E-state index in [-0.39, 0.29) is 5.75 Å². The average Bonchev–Trinajstić information content (AvgIpc) is 3.03. The van der Waals surface area contributed by atoms with Crippen molar-refractivity contribution < 1.29 is 14.6 Å². The van der Waals surface area contributed by atoms with Gasteiger partial charge in [-0.1, -0.05) is 6.07 Å². The van der Waals surface area contributed by atoms with E-state index in [0.717, 1.165) is 18.4 Å². The van der Waals surface area contributed by atoms with Crippen LogP contribution in [0.1, 0.15) is 18.4 Å². The molecule has 1 aromatic carbocycles. The quantitative estimate of drug-likeness (QED) is 0.685. The van der Waals surface area contributed by atoms with Crippen LogP contribution in [-0.4, -0.2) is 18.3 Å². The summed E-state index contributed by atoms with van der Waals surface area (Å²) in [7, 11) is 1.48. The number of phenols is 1. The Morgan fingerprint density at radius 3 is 2.75 bits per heavy atom. The van der Waals surface area contributed by atoms with Crippen molar-refractivity contribution in [3.05, 3.63) is 22.2 Å². The van der Waals surface area contributed by atoms with E-state index in [1.165, 1.54) is 7.11 Å². The average molecular weight is 284 g/mol. The fourth-order valence-corrected chi connectivity index (χ4v) is 2.08. The van der Waals surface area contributed by atoms with Gasteiger partial charge in [0.25, 0.3) is 0 Å². The Balaban J connectivity index is 2.57. The van der Waals surface area contributed by atoms with Gasteiger partial charge >= 0.3 is 0 Å². The molecule has 1 aliphatic carbocycles. The van der Waals surface area contributed by atoms with E-state index in [0.29, 0.717) is 10.2 Å². The highest BCUT2D eigenvalue weighted by Gasteiger charge is 2.47. The summed E-state index contributed by atoms with van der Waals surface area (Å²) in [4.78, 5) is 14.2. The van der Waals surface area contributed by atoms with Gasteiger partial charge < -0.3 is 9.84 Å². The molecule has 0 unspecified atom stereocenters. The predicted molar refractivity (Wildman–Crippen MR) is 61.4 cm³/mol. The number of isocyanates is 1. The van der Waals surface area contributed by atoms with E-state index in [4.69, 9.17) is 4.74 Å². The maximum absolute atomic E-state index is 10.4. The topological polar surface area (TPSA) is 58.9 Å². The number of methoxy groups -OCH3 is 1. The van der Waals surface area contributed by atoms with Gasteiger partial charge in [0.1, 0.15) is 5.54 Å². The first kappa shape index (κ1) is 11.2. The monoisotopic (exact) mass is 283 g/mol. The van der Waals surface area contributed by atoms with Gasteiger partial charge in [0, 0.05) is 5.56 Å². The second kappa shape index (κ2) is 3.92. The van der Waals surface area contributed by atoms with Gasteiger partial charge in [0.05, 0.1) is 11.6 Å². The molecule has 84 valence electrons. The minimum absolute atomic E-state index is 0.0346. The van der Waals surface area contributed by atoms with Crippen molar-refractivity contribution in [2.75, 3.05) is 7.11 Å².